The lowest BCUT2D eigenvalue weighted by Crippen LogP contribution is -2.54. The van der Waals surface area contributed by atoms with Crippen LogP contribution in [0.3, 0.4) is 0 Å². The molecule has 1 saturated heterocycles. The topological polar surface area (TPSA) is 52.7 Å². The third-order valence-corrected chi connectivity index (χ3v) is 5.71. The van der Waals surface area contributed by atoms with Crippen LogP contribution in [0.1, 0.15) is 27.7 Å². The zero-order chi connectivity index (χ0) is 18.5. The van der Waals surface area contributed by atoms with Crippen molar-refractivity contribution in [1.82, 2.24) is 15.1 Å². The number of nitrogens with one attached hydrogen (secondary N) is 1. The van der Waals surface area contributed by atoms with Gasteiger partial charge in [-0.2, -0.15) is 0 Å². The van der Waals surface area contributed by atoms with Crippen molar-refractivity contribution in [2.24, 2.45) is 0 Å². The molecule has 1 aromatic carbocycles. The first-order chi connectivity index (χ1) is 12.5. The van der Waals surface area contributed by atoms with Crippen molar-refractivity contribution in [2.45, 2.75) is 26.4 Å². The van der Waals surface area contributed by atoms with E-state index in [4.69, 9.17) is 0 Å². The van der Waals surface area contributed by atoms with Crippen molar-refractivity contribution in [3.63, 3.8) is 0 Å². The Labute approximate surface area is 158 Å². The zero-order valence-electron chi connectivity index (χ0n) is 15.3. The summed E-state index contributed by atoms with van der Waals surface area (Å²) in [5, 5.41) is 4.93. The molecular weight excluding hydrogens is 346 g/mol. The number of hydrogen-bond acceptors (Lipinski definition) is 4. The van der Waals surface area contributed by atoms with E-state index in [0.717, 1.165) is 23.5 Å². The number of thiophene rings is 1. The Morgan fingerprint density at radius 1 is 1.12 bits per heavy atom. The quantitative estimate of drug-likeness (QED) is 0.879. The zero-order valence-corrected chi connectivity index (χ0v) is 16.1. The van der Waals surface area contributed by atoms with E-state index in [1.54, 1.807) is 0 Å². The van der Waals surface area contributed by atoms with Crippen LogP contribution in [0.4, 0.5) is 0 Å². The predicted octanol–water partition coefficient (Wildman–Crippen LogP) is 2.52. The predicted molar refractivity (Wildman–Crippen MR) is 104 cm³/mol. The van der Waals surface area contributed by atoms with Crippen LogP contribution in [0.5, 0.6) is 0 Å². The number of carbonyl (C=O) groups excluding carboxylic acids is 2. The lowest BCUT2D eigenvalue weighted by atomic mass is 10.1. The Balaban J connectivity index is 1.46. The number of carbonyl (C=O) groups is 2. The summed E-state index contributed by atoms with van der Waals surface area (Å²) in [6.07, 6.45) is 0. The first-order valence-corrected chi connectivity index (χ1v) is 9.82. The summed E-state index contributed by atoms with van der Waals surface area (Å²) < 4.78 is 0. The van der Waals surface area contributed by atoms with Gasteiger partial charge in [-0.3, -0.25) is 14.5 Å². The summed E-state index contributed by atoms with van der Waals surface area (Å²) >= 11 is 1.47. The fourth-order valence-electron chi connectivity index (χ4n) is 3.08. The first kappa shape index (κ1) is 18.6. The Morgan fingerprint density at radius 2 is 1.81 bits per heavy atom. The molecule has 5 nitrogen and oxygen atoms in total. The second-order valence-electron chi connectivity index (χ2n) is 6.68. The number of rotatable bonds is 5. The van der Waals surface area contributed by atoms with Crippen molar-refractivity contribution >= 4 is 23.2 Å². The van der Waals surface area contributed by atoms with Crippen molar-refractivity contribution in [1.29, 1.82) is 0 Å². The number of benzene rings is 1. The largest absolute Gasteiger partial charge is 0.351 e. The van der Waals surface area contributed by atoms with Gasteiger partial charge in [0.2, 0.25) is 5.91 Å². The molecule has 0 spiro atoms. The van der Waals surface area contributed by atoms with Gasteiger partial charge in [0, 0.05) is 32.7 Å². The average molecular weight is 372 g/mol. The molecule has 3 rings (SSSR count). The molecule has 2 aromatic rings. The van der Waals surface area contributed by atoms with Gasteiger partial charge < -0.3 is 10.2 Å². The van der Waals surface area contributed by atoms with Crippen molar-refractivity contribution < 1.29 is 9.59 Å². The maximum atomic E-state index is 12.5. The number of aryl methyl sites for hydroxylation is 1. The summed E-state index contributed by atoms with van der Waals surface area (Å²) in [4.78, 5) is 29.6. The fraction of sp³-hybridized carbons (Fsp3) is 0.400. The molecule has 1 unspecified atom stereocenters. The fourth-order valence-corrected chi connectivity index (χ4v) is 3.77. The van der Waals surface area contributed by atoms with Gasteiger partial charge in [0.25, 0.3) is 5.91 Å². The van der Waals surface area contributed by atoms with Crippen LogP contribution in [0.2, 0.25) is 0 Å². The molecule has 0 aliphatic carbocycles. The van der Waals surface area contributed by atoms with Gasteiger partial charge in [0.05, 0.1) is 10.9 Å². The highest BCUT2D eigenvalue weighted by Gasteiger charge is 2.28. The summed E-state index contributed by atoms with van der Waals surface area (Å²) in [6.45, 7) is 7.28. The molecule has 1 N–H and O–H groups in total. The molecule has 1 aromatic heterocycles. The van der Waals surface area contributed by atoms with Gasteiger partial charge in [-0.15, -0.1) is 11.3 Å². The minimum Gasteiger partial charge on any atom is -0.351 e. The molecule has 2 amide bonds. The Bertz CT molecular complexity index is 735. The Morgan fingerprint density at radius 3 is 2.42 bits per heavy atom. The smallest absolute Gasteiger partial charge is 0.264 e. The van der Waals surface area contributed by atoms with Crippen LogP contribution in [0.15, 0.2) is 41.8 Å². The van der Waals surface area contributed by atoms with Crippen molar-refractivity contribution in [3.05, 3.63) is 57.8 Å². The minimum atomic E-state index is -0.195. The Kier molecular flexibility index (Phi) is 6.06. The average Bonchev–Trinajstić information content (AvgIpc) is 3.21. The molecule has 1 aliphatic rings. The minimum absolute atomic E-state index is 0.0311. The van der Waals surface area contributed by atoms with Gasteiger partial charge in [-0.25, -0.2) is 0 Å². The lowest BCUT2D eigenvalue weighted by Gasteiger charge is -2.37. The van der Waals surface area contributed by atoms with E-state index in [2.05, 4.69) is 22.3 Å². The van der Waals surface area contributed by atoms with E-state index in [1.807, 2.05) is 48.4 Å². The number of hydrogen-bond donors (Lipinski definition) is 1. The standard InChI is InChI=1S/C20H25N3O2S/c1-15-5-7-17(8-6-15)14-21-19(24)16(2)22-9-11-23(12-10-22)20(25)18-4-3-13-26-18/h3-8,13,16H,9-12,14H2,1-2H3,(H,21,24). The van der Waals surface area contributed by atoms with Crippen LogP contribution < -0.4 is 5.32 Å². The molecule has 1 atom stereocenters. The van der Waals surface area contributed by atoms with E-state index in [0.29, 0.717) is 19.6 Å². The summed E-state index contributed by atoms with van der Waals surface area (Å²) in [5.41, 5.74) is 2.31. The highest BCUT2D eigenvalue weighted by Crippen LogP contribution is 2.15. The van der Waals surface area contributed by atoms with Gasteiger partial charge >= 0.3 is 0 Å². The van der Waals surface area contributed by atoms with Crippen LogP contribution in [-0.2, 0) is 11.3 Å². The van der Waals surface area contributed by atoms with E-state index in [9.17, 15) is 9.59 Å². The van der Waals surface area contributed by atoms with E-state index in [-0.39, 0.29) is 17.9 Å². The molecule has 6 heteroatoms. The van der Waals surface area contributed by atoms with Crippen molar-refractivity contribution in [3.8, 4) is 0 Å². The molecule has 0 bridgehead atoms. The lowest BCUT2D eigenvalue weighted by molar-refractivity contribution is -0.126. The molecular formula is C20H25N3O2S. The van der Waals surface area contributed by atoms with Gasteiger partial charge in [-0.1, -0.05) is 35.9 Å². The molecule has 138 valence electrons. The first-order valence-electron chi connectivity index (χ1n) is 8.94. The van der Waals surface area contributed by atoms with Gasteiger partial charge in [0.1, 0.15) is 0 Å². The molecule has 2 heterocycles. The van der Waals surface area contributed by atoms with Crippen LogP contribution in [-0.4, -0.2) is 53.8 Å². The van der Waals surface area contributed by atoms with Crippen LogP contribution in [0.25, 0.3) is 0 Å². The normalized spacial score (nSPS) is 16.3. The Hall–Kier alpha value is -2.18. The monoisotopic (exact) mass is 371 g/mol. The SMILES string of the molecule is Cc1ccc(CNC(=O)C(C)N2CCN(C(=O)c3cccs3)CC2)cc1. The number of amides is 2. The summed E-state index contributed by atoms with van der Waals surface area (Å²) in [5.74, 6) is 0.125. The van der Waals surface area contributed by atoms with Gasteiger partial charge in [0.15, 0.2) is 0 Å². The molecule has 0 saturated carbocycles. The van der Waals surface area contributed by atoms with E-state index >= 15 is 0 Å². The number of piperazine rings is 1. The van der Waals surface area contributed by atoms with E-state index < -0.39 is 0 Å². The molecule has 26 heavy (non-hydrogen) atoms. The van der Waals surface area contributed by atoms with E-state index in [1.165, 1.54) is 16.9 Å². The maximum absolute atomic E-state index is 12.5. The van der Waals surface area contributed by atoms with Crippen molar-refractivity contribution in [2.75, 3.05) is 26.2 Å². The maximum Gasteiger partial charge on any atom is 0.264 e. The third kappa shape index (κ3) is 4.51. The molecule has 1 aliphatic heterocycles. The van der Waals surface area contributed by atoms with Crippen LogP contribution >= 0.6 is 11.3 Å². The highest BCUT2D eigenvalue weighted by molar-refractivity contribution is 7.12. The summed E-state index contributed by atoms with van der Waals surface area (Å²) in [7, 11) is 0. The molecule has 1 fully saturated rings. The second kappa shape index (κ2) is 8.47. The highest BCUT2D eigenvalue weighted by atomic mass is 32.1. The molecule has 0 radical (unpaired) electrons. The van der Waals surface area contributed by atoms with Crippen LogP contribution in [0, 0.1) is 6.92 Å². The summed E-state index contributed by atoms with van der Waals surface area (Å²) in [6, 6.07) is 11.7. The van der Waals surface area contributed by atoms with Gasteiger partial charge in [-0.05, 0) is 30.9 Å². The third-order valence-electron chi connectivity index (χ3n) is 4.85. The number of nitrogens with zero attached hydrogens (tertiary/aromatic N) is 2. The second-order valence-corrected chi connectivity index (χ2v) is 7.63.